The molecular weight excluding hydrogens is 414 g/mol. The fourth-order valence-corrected chi connectivity index (χ4v) is 3.14. The lowest BCUT2D eigenvalue weighted by Gasteiger charge is -2.11. The van der Waals surface area contributed by atoms with Crippen LogP contribution in [0.4, 0.5) is 4.79 Å². The number of hydrazone groups is 1. The molecule has 0 saturated carbocycles. The van der Waals surface area contributed by atoms with Gasteiger partial charge in [-0.3, -0.25) is 0 Å². The monoisotopic (exact) mass is 425 g/mol. The highest BCUT2D eigenvalue weighted by atomic mass is 79.9. The van der Waals surface area contributed by atoms with E-state index in [1.54, 1.807) is 0 Å². The van der Waals surface area contributed by atoms with Gasteiger partial charge >= 0.3 is 6.03 Å². The van der Waals surface area contributed by atoms with Crippen molar-refractivity contribution in [1.82, 2.24) is 5.43 Å². The molecule has 0 aliphatic carbocycles. The Hall–Kier alpha value is -1.86. The maximum absolute atomic E-state index is 10.6. The topological polar surface area (TPSA) is 76.7 Å². The van der Waals surface area contributed by atoms with Crippen molar-refractivity contribution >= 4 is 44.1 Å². The normalized spacial score (nSPS) is 10.6. The molecule has 2 aromatic carbocycles. The van der Waals surface area contributed by atoms with Crippen molar-refractivity contribution in [1.29, 1.82) is 0 Å². The maximum Gasteiger partial charge on any atom is 0.332 e. The van der Waals surface area contributed by atoms with Gasteiger partial charge in [0.15, 0.2) is 0 Å². The first kappa shape index (κ1) is 16.5. The minimum Gasteiger partial charge on any atom is -0.487 e. The molecular formula is C15H13Br2N3O2. The molecule has 0 atom stereocenters. The summed E-state index contributed by atoms with van der Waals surface area (Å²) in [4.78, 5) is 10.6. The number of ether oxygens (including phenoxy) is 1. The number of benzene rings is 2. The van der Waals surface area contributed by atoms with Crippen LogP contribution in [0.2, 0.25) is 0 Å². The number of nitrogens with two attached hydrogens (primary N) is 1. The van der Waals surface area contributed by atoms with Gasteiger partial charge in [0.1, 0.15) is 12.4 Å². The average Bonchev–Trinajstić information content (AvgIpc) is 2.47. The molecule has 7 heteroatoms. The Labute approximate surface area is 144 Å². The molecule has 2 aromatic rings. The van der Waals surface area contributed by atoms with Gasteiger partial charge in [-0.15, -0.1) is 0 Å². The fraction of sp³-hybridized carbons (Fsp3) is 0.0667. The summed E-state index contributed by atoms with van der Waals surface area (Å²) in [5, 5.41) is 3.71. The minimum atomic E-state index is -0.711. The van der Waals surface area contributed by atoms with Crippen LogP contribution < -0.4 is 15.9 Å². The zero-order valence-electron chi connectivity index (χ0n) is 11.4. The Kier molecular flexibility index (Phi) is 5.97. The highest BCUT2D eigenvalue weighted by Crippen LogP contribution is 2.35. The number of nitrogens with one attached hydrogen (secondary N) is 1. The Morgan fingerprint density at radius 1 is 1.23 bits per heavy atom. The molecule has 0 aliphatic heterocycles. The van der Waals surface area contributed by atoms with Gasteiger partial charge in [-0.05, 0) is 55.1 Å². The van der Waals surface area contributed by atoms with Crippen LogP contribution in [0.3, 0.4) is 0 Å². The van der Waals surface area contributed by atoms with Gasteiger partial charge in [0.2, 0.25) is 0 Å². The lowest BCUT2D eigenvalue weighted by atomic mass is 10.2. The lowest BCUT2D eigenvalue weighted by Crippen LogP contribution is -2.24. The van der Waals surface area contributed by atoms with Crippen molar-refractivity contribution in [3.05, 3.63) is 62.5 Å². The van der Waals surface area contributed by atoms with Gasteiger partial charge in [0, 0.05) is 0 Å². The van der Waals surface area contributed by atoms with E-state index >= 15 is 0 Å². The minimum absolute atomic E-state index is 0.467. The molecule has 0 bridgehead atoms. The molecule has 5 nitrogen and oxygen atoms in total. The van der Waals surface area contributed by atoms with Gasteiger partial charge in [-0.25, -0.2) is 10.2 Å². The van der Waals surface area contributed by atoms with Gasteiger partial charge in [-0.2, -0.15) is 5.10 Å². The molecule has 2 rings (SSSR count). The van der Waals surface area contributed by atoms with E-state index in [1.807, 2.05) is 42.5 Å². The standard InChI is InChI=1S/C15H13Br2N3O2/c16-12-6-11(8-19-20-15(18)21)7-13(17)14(12)22-9-10-4-2-1-3-5-10/h1-8H,9H2,(H3,18,20,21)/b19-8-. The summed E-state index contributed by atoms with van der Waals surface area (Å²) >= 11 is 6.93. The van der Waals surface area contributed by atoms with Crippen LogP contribution in [0, 0.1) is 0 Å². The molecule has 0 spiro atoms. The van der Waals surface area contributed by atoms with Crippen LogP contribution in [0.1, 0.15) is 11.1 Å². The van der Waals surface area contributed by atoms with Crippen LogP contribution >= 0.6 is 31.9 Å². The van der Waals surface area contributed by atoms with Crippen LogP contribution in [0.5, 0.6) is 5.75 Å². The van der Waals surface area contributed by atoms with E-state index in [0.29, 0.717) is 12.4 Å². The predicted molar refractivity (Wildman–Crippen MR) is 92.9 cm³/mol. The van der Waals surface area contributed by atoms with E-state index in [-0.39, 0.29) is 0 Å². The molecule has 0 radical (unpaired) electrons. The number of carbonyl (C=O) groups excluding carboxylic acids is 1. The Bertz CT molecular complexity index is 667. The molecule has 0 aromatic heterocycles. The number of urea groups is 1. The zero-order valence-corrected chi connectivity index (χ0v) is 14.6. The largest absolute Gasteiger partial charge is 0.487 e. The summed E-state index contributed by atoms with van der Waals surface area (Å²) in [6, 6.07) is 12.8. The molecule has 3 N–H and O–H groups in total. The average molecular weight is 427 g/mol. The van der Waals surface area contributed by atoms with E-state index in [9.17, 15) is 4.79 Å². The number of rotatable bonds is 5. The van der Waals surface area contributed by atoms with Gasteiger partial charge in [0.05, 0.1) is 15.2 Å². The number of hydrogen-bond donors (Lipinski definition) is 2. The molecule has 0 aliphatic rings. The van der Waals surface area contributed by atoms with Crippen LogP contribution in [0.15, 0.2) is 56.5 Å². The summed E-state index contributed by atoms with van der Waals surface area (Å²) < 4.78 is 7.38. The summed E-state index contributed by atoms with van der Waals surface area (Å²) in [6.45, 7) is 0.467. The first-order valence-electron chi connectivity index (χ1n) is 6.30. The number of amides is 2. The summed E-state index contributed by atoms with van der Waals surface area (Å²) in [5.41, 5.74) is 8.93. The van der Waals surface area contributed by atoms with Crippen molar-refractivity contribution in [3.8, 4) is 5.75 Å². The second-order valence-corrected chi connectivity index (χ2v) is 6.03. The summed E-state index contributed by atoms with van der Waals surface area (Å²) in [7, 11) is 0. The van der Waals surface area contributed by atoms with E-state index in [2.05, 4.69) is 42.4 Å². The molecule has 0 fully saturated rings. The molecule has 0 heterocycles. The smallest absolute Gasteiger partial charge is 0.332 e. The zero-order chi connectivity index (χ0) is 15.9. The number of nitrogens with zero attached hydrogens (tertiary/aromatic N) is 1. The van der Waals surface area contributed by atoms with Gasteiger partial charge in [0.25, 0.3) is 0 Å². The number of carbonyl (C=O) groups is 1. The SMILES string of the molecule is NC(=O)N/N=C\c1cc(Br)c(OCc2ccccc2)c(Br)c1. The van der Waals surface area contributed by atoms with E-state index in [1.165, 1.54) is 6.21 Å². The third-order valence-electron chi connectivity index (χ3n) is 2.63. The molecule has 22 heavy (non-hydrogen) atoms. The number of primary amides is 1. The summed E-state index contributed by atoms with van der Waals surface area (Å²) in [6.07, 6.45) is 1.49. The maximum atomic E-state index is 10.6. The summed E-state index contributed by atoms with van der Waals surface area (Å²) in [5.74, 6) is 0.698. The van der Waals surface area contributed by atoms with E-state index < -0.39 is 6.03 Å². The van der Waals surface area contributed by atoms with Crippen LogP contribution in [0.25, 0.3) is 0 Å². The third-order valence-corrected chi connectivity index (χ3v) is 3.81. The molecule has 0 unspecified atom stereocenters. The van der Waals surface area contributed by atoms with Crippen LogP contribution in [-0.2, 0) is 6.61 Å². The number of hydrogen-bond acceptors (Lipinski definition) is 3. The Balaban J connectivity index is 2.09. The second kappa shape index (κ2) is 7.95. The lowest BCUT2D eigenvalue weighted by molar-refractivity contribution is 0.249. The van der Waals surface area contributed by atoms with Gasteiger partial charge < -0.3 is 10.5 Å². The van der Waals surface area contributed by atoms with E-state index in [0.717, 1.165) is 20.1 Å². The Morgan fingerprint density at radius 3 is 2.45 bits per heavy atom. The van der Waals surface area contributed by atoms with Crippen molar-refractivity contribution < 1.29 is 9.53 Å². The highest BCUT2D eigenvalue weighted by Gasteiger charge is 2.08. The van der Waals surface area contributed by atoms with Crippen molar-refractivity contribution in [3.63, 3.8) is 0 Å². The fourth-order valence-electron chi connectivity index (χ4n) is 1.69. The van der Waals surface area contributed by atoms with Gasteiger partial charge in [-0.1, -0.05) is 30.3 Å². The number of halogens is 2. The second-order valence-electron chi connectivity index (χ2n) is 4.32. The van der Waals surface area contributed by atoms with Crippen molar-refractivity contribution in [2.45, 2.75) is 6.61 Å². The highest BCUT2D eigenvalue weighted by molar-refractivity contribution is 9.11. The first-order chi connectivity index (χ1) is 10.6. The quantitative estimate of drug-likeness (QED) is 0.563. The van der Waals surface area contributed by atoms with E-state index in [4.69, 9.17) is 10.5 Å². The molecule has 2 amide bonds. The Morgan fingerprint density at radius 2 is 1.86 bits per heavy atom. The van der Waals surface area contributed by atoms with Crippen molar-refractivity contribution in [2.24, 2.45) is 10.8 Å². The molecule has 0 saturated heterocycles. The van der Waals surface area contributed by atoms with Crippen molar-refractivity contribution in [2.75, 3.05) is 0 Å². The predicted octanol–water partition coefficient (Wildman–Crippen LogP) is 3.79. The first-order valence-corrected chi connectivity index (χ1v) is 7.89. The third kappa shape index (κ3) is 4.85. The molecule has 114 valence electrons. The van der Waals surface area contributed by atoms with Crippen LogP contribution in [-0.4, -0.2) is 12.2 Å².